The lowest BCUT2D eigenvalue weighted by Crippen LogP contribution is -2.33. The molecule has 1 atom stereocenters. The highest BCUT2D eigenvalue weighted by Crippen LogP contribution is 2.07. The number of aryl methyl sites for hydroxylation is 1. The van der Waals surface area contributed by atoms with Crippen molar-refractivity contribution in [2.75, 3.05) is 39.2 Å². The standard InChI is InChI=1S/C12H21N3O4/c1-9-6-11(14-19-9)13-12(17)4-5-15(2)7-10(16)8-18-3/h6,10,16H,4-5,7-8H2,1-3H3,(H,13,14,17). The van der Waals surface area contributed by atoms with Gasteiger partial charge in [0.25, 0.3) is 0 Å². The average molecular weight is 271 g/mol. The quantitative estimate of drug-likeness (QED) is 0.704. The number of likely N-dealkylation sites (N-methyl/N-ethyl adjacent to an activating group) is 1. The van der Waals surface area contributed by atoms with E-state index in [1.54, 1.807) is 13.0 Å². The van der Waals surface area contributed by atoms with Crippen LogP contribution in [0.3, 0.4) is 0 Å². The Balaban J connectivity index is 2.22. The van der Waals surface area contributed by atoms with Crippen LogP contribution in [-0.4, -0.2) is 61.0 Å². The van der Waals surface area contributed by atoms with Gasteiger partial charge in [-0.3, -0.25) is 4.79 Å². The molecule has 0 bridgehead atoms. The lowest BCUT2D eigenvalue weighted by molar-refractivity contribution is -0.116. The van der Waals surface area contributed by atoms with E-state index in [1.807, 2.05) is 11.9 Å². The zero-order valence-electron chi connectivity index (χ0n) is 11.5. The molecule has 1 rings (SSSR count). The first kappa shape index (κ1) is 15.6. The minimum atomic E-state index is -0.545. The molecule has 108 valence electrons. The topological polar surface area (TPSA) is 87.8 Å². The Labute approximate surface area is 112 Å². The van der Waals surface area contributed by atoms with E-state index in [4.69, 9.17) is 9.26 Å². The smallest absolute Gasteiger partial charge is 0.226 e. The van der Waals surface area contributed by atoms with E-state index in [1.165, 1.54) is 7.11 Å². The Morgan fingerprint density at radius 3 is 3.00 bits per heavy atom. The number of carbonyl (C=O) groups is 1. The van der Waals surface area contributed by atoms with Gasteiger partial charge in [-0.25, -0.2) is 0 Å². The summed E-state index contributed by atoms with van der Waals surface area (Å²) in [5.74, 6) is 0.932. The summed E-state index contributed by atoms with van der Waals surface area (Å²) in [5, 5.41) is 15.9. The molecular formula is C12H21N3O4. The summed E-state index contributed by atoms with van der Waals surface area (Å²) in [5.41, 5.74) is 0. The van der Waals surface area contributed by atoms with Gasteiger partial charge >= 0.3 is 0 Å². The van der Waals surface area contributed by atoms with Crippen LogP contribution in [0, 0.1) is 6.92 Å². The maximum Gasteiger partial charge on any atom is 0.226 e. The number of methoxy groups -OCH3 is 1. The molecule has 19 heavy (non-hydrogen) atoms. The van der Waals surface area contributed by atoms with Crippen LogP contribution >= 0.6 is 0 Å². The number of aliphatic hydroxyl groups excluding tert-OH is 1. The van der Waals surface area contributed by atoms with Gasteiger partial charge < -0.3 is 24.6 Å². The molecule has 0 aromatic carbocycles. The molecule has 0 fully saturated rings. The zero-order chi connectivity index (χ0) is 14.3. The van der Waals surface area contributed by atoms with E-state index in [-0.39, 0.29) is 12.5 Å². The van der Waals surface area contributed by atoms with Crippen molar-refractivity contribution in [2.45, 2.75) is 19.4 Å². The molecule has 0 spiro atoms. The molecule has 7 heteroatoms. The van der Waals surface area contributed by atoms with E-state index in [9.17, 15) is 9.90 Å². The molecule has 7 nitrogen and oxygen atoms in total. The largest absolute Gasteiger partial charge is 0.389 e. The minimum absolute atomic E-state index is 0.138. The first-order valence-corrected chi connectivity index (χ1v) is 6.10. The summed E-state index contributed by atoms with van der Waals surface area (Å²) in [7, 11) is 3.38. The number of hydrogen-bond donors (Lipinski definition) is 2. The highest BCUT2D eigenvalue weighted by Gasteiger charge is 2.10. The predicted octanol–water partition coefficient (Wildman–Crippen LogP) is 0.251. The number of carbonyl (C=O) groups excluding carboxylic acids is 1. The van der Waals surface area contributed by atoms with Gasteiger partial charge in [0.2, 0.25) is 5.91 Å². The van der Waals surface area contributed by atoms with Crippen molar-refractivity contribution in [1.29, 1.82) is 0 Å². The fourth-order valence-electron chi connectivity index (χ4n) is 1.62. The first-order chi connectivity index (χ1) is 9.01. The van der Waals surface area contributed by atoms with Crippen molar-refractivity contribution in [3.63, 3.8) is 0 Å². The Bertz CT molecular complexity index is 394. The van der Waals surface area contributed by atoms with Crippen molar-refractivity contribution < 1.29 is 19.2 Å². The number of rotatable bonds is 8. The van der Waals surface area contributed by atoms with Gasteiger partial charge in [0.15, 0.2) is 5.82 Å². The molecule has 0 saturated carbocycles. The highest BCUT2D eigenvalue weighted by atomic mass is 16.5. The van der Waals surface area contributed by atoms with Gasteiger partial charge in [0.05, 0.1) is 12.7 Å². The number of aliphatic hydroxyl groups is 1. The van der Waals surface area contributed by atoms with Crippen LogP contribution in [0.5, 0.6) is 0 Å². The number of nitrogens with zero attached hydrogens (tertiary/aromatic N) is 2. The van der Waals surface area contributed by atoms with Crippen LogP contribution in [0.2, 0.25) is 0 Å². The second-order valence-electron chi connectivity index (χ2n) is 4.49. The summed E-state index contributed by atoms with van der Waals surface area (Å²) < 4.78 is 9.69. The molecule has 1 aromatic heterocycles. The molecule has 0 saturated heterocycles. The molecule has 2 N–H and O–H groups in total. The lowest BCUT2D eigenvalue weighted by atomic mass is 10.3. The van der Waals surface area contributed by atoms with Gasteiger partial charge in [0, 0.05) is 32.7 Å². The van der Waals surface area contributed by atoms with E-state index >= 15 is 0 Å². The summed E-state index contributed by atoms with van der Waals surface area (Å²) in [4.78, 5) is 13.5. The van der Waals surface area contributed by atoms with Crippen molar-refractivity contribution in [3.05, 3.63) is 11.8 Å². The SMILES string of the molecule is COCC(O)CN(C)CCC(=O)Nc1cc(C)on1. The van der Waals surface area contributed by atoms with E-state index in [0.29, 0.717) is 31.1 Å². The molecule has 0 aliphatic carbocycles. The third-order valence-electron chi connectivity index (χ3n) is 2.50. The van der Waals surface area contributed by atoms with Crippen LogP contribution in [0.15, 0.2) is 10.6 Å². The summed E-state index contributed by atoms with van der Waals surface area (Å²) in [6.45, 7) is 3.05. The van der Waals surface area contributed by atoms with Crippen LogP contribution in [0.4, 0.5) is 5.82 Å². The Kier molecular flexibility index (Phi) is 6.48. The summed E-state index contributed by atoms with van der Waals surface area (Å²) >= 11 is 0. The lowest BCUT2D eigenvalue weighted by Gasteiger charge is -2.19. The van der Waals surface area contributed by atoms with Crippen molar-refractivity contribution in [3.8, 4) is 0 Å². The fraction of sp³-hybridized carbons (Fsp3) is 0.667. The van der Waals surface area contributed by atoms with Crippen LogP contribution < -0.4 is 5.32 Å². The zero-order valence-corrected chi connectivity index (χ0v) is 11.5. The maximum atomic E-state index is 11.6. The molecule has 1 aromatic rings. The van der Waals surface area contributed by atoms with Crippen molar-refractivity contribution in [2.24, 2.45) is 0 Å². The normalized spacial score (nSPS) is 12.7. The molecule has 1 amide bonds. The average Bonchev–Trinajstić information content (AvgIpc) is 2.72. The van der Waals surface area contributed by atoms with Crippen molar-refractivity contribution in [1.82, 2.24) is 10.1 Å². The van der Waals surface area contributed by atoms with Gasteiger partial charge in [-0.2, -0.15) is 0 Å². The van der Waals surface area contributed by atoms with E-state index < -0.39 is 6.10 Å². The minimum Gasteiger partial charge on any atom is -0.389 e. The second kappa shape index (κ2) is 7.88. The molecule has 0 radical (unpaired) electrons. The number of aromatic nitrogens is 1. The summed E-state index contributed by atoms with van der Waals surface area (Å²) in [6.07, 6.45) is -0.224. The number of ether oxygens (including phenoxy) is 1. The molecule has 1 heterocycles. The number of anilines is 1. The number of amides is 1. The Morgan fingerprint density at radius 1 is 1.68 bits per heavy atom. The monoisotopic (exact) mass is 271 g/mol. The van der Waals surface area contributed by atoms with Gasteiger partial charge in [0.1, 0.15) is 5.76 Å². The maximum absolute atomic E-state index is 11.6. The fourth-order valence-corrected chi connectivity index (χ4v) is 1.62. The van der Waals surface area contributed by atoms with Crippen molar-refractivity contribution >= 4 is 11.7 Å². The third-order valence-corrected chi connectivity index (χ3v) is 2.50. The Hall–Kier alpha value is -1.44. The first-order valence-electron chi connectivity index (χ1n) is 6.10. The second-order valence-corrected chi connectivity index (χ2v) is 4.49. The van der Waals surface area contributed by atoms with Crippen LogP contribution in [-0.2, 0) is 9.53 Å². The molecular weight excluding hydrogens is 250 g/mol. The number of nitrogens with one attached hydrogen (secondary N) is 1. The predicted molar refractivity (Wildman–Crippen MR) is 69.9 cm³/mol. The van der Waals surface area contributed by atoms with Gasteiger partial charge in [-0.05, 0) is 14.0 Å². The third kappa shape index (κ3) is 6.32. The van der Waals surface area contributed by atoms with E-state index in [0.717, 1.165) is 0 Å². The highest BCUT2D eigenvalue weighted by molar-refractivity contribution is 5.89. The Morgan fingerprint density at radius 2 is 2.42 bits per heavy atom. The molecule has 0 aliphatic heterocycles. The number of hydrogen-bond acceptors (Lipinski definition) is 6. The molecule has 1 unspecified atom stereocenters. The van der Waals surface area contributed by atoms with Crippen LogP contribution in [0.1, 0.15) is 12.2 Å². The molecule has 0 aliphatic rings. The van der Waals surface area contributed by atoms with Gasteiger partial charge in [-0.1, -0.05) is 5.16 Å². The van der Waals surface area contributed by atoms with Gasteiger partial charge in [-0.15, -0.1) is 0 Å². The van der Waals surface area contributed by atoms with Crippen LogP contribution in [0.25, 0.3) is 0 Å². The summed E-state index contributed by atoms with van der Waals surface area (Å²) in [6, 6.07) is 1.66. The van der Waals surface area contributed by atoms with E-state index in [2.05, 4.69) is 10.5 Å².